The minimum atomic E-state index is 0.552. The first-order valence-corrected chi connectivity index (χ1v) is 7.52. The molecule has 0 amide bonds. The summed E-state index contributed by atoms with van der Waals surface area (Å²) < 4.78 is 0. The first-order chi connectivity index (χ1) is 10.2. The standard InChI is InChI=1S/C5H10O.C5H8O.C4H8O.C3H6O/c2*1-2-3-4-5-6;1-2-3-4-5;1-2-3-4/h5H,2-4H2,1H3;2-3,5H,4H2,1H3;4H,2-3H2,1H3;3H,2H2,1H3. The molecule has 0 aliphatic carbocycles. The van der Waals surface area contributed by atoms with Gasteiger partial charge in [0.25, 0.3) is 0 Å². The molecule has 4 heteroatoms. The van der Waals surface area contributed by atoms with Gasteiger partial charge in [-0.25, -0.2) is 0 Å². The smallest absolute Gasteiger partial charge is 0.123 e. The molecule has 0 bridgehead atoms. The topological polar surface area (TPSA) is 68.3 Å². The van der Waals surface area contributed by atoms with Crippen molar-refractivity contribution in [3.8, 4) is 0 Å². The van der Waals surface area contributed by atoms with Gasteiger partial charge in [0.15, 0.2) is 0 Å². The Morgan fingerprint density at radius 1 is 0.714 bits per heavy atom. The van der Waals surface area contributed by atoms with Gasteiger partial charge >= 0.3 is 0 Å². The molecule has 0 rings (SSSR count). The predicted octanol–water partition coefficient (Wildman–Crippen LogP) is 4.11. The van der Waals surface area contributed by atoms with Crippen LogP contribution in [0.2, 0.25) is 0 Å². The van der Waals surface area contributed by atoms with Gasteiger partial charge in [0, 0.05) is 25.7 Å². The summed E-state index contributed by atoms with van der Waals surface area (Å²) in [5, 5.41) is 0. The van der Waals surface area contributed by atoms with Crippen LogP contribution in [0.4, 0.5) is 0 Å². The van der Waals surface area contributed by atoms with Crippen molar-refractivity contribution >= 4 is 25.1 Å². The molecule has 0 unspecified atom stereocenters. The molecule has 0 fully saturated rings. The van der Waals surface area contributed by atoms with Crippen molar-refractivity contribution in [3.63, 3.8) is 0 Å². The van der Waals surface area contributed by atoms with Crippen molar-refractivity contribution in [2.24, 2.45) is 0 Å². The van der Waals surface area contributed by atoms with Crippen molar-refractivity contribution in [1.29, 1.82) is 0 Å². The number of hydrogen-bond donors (Lipinski definition) is 0. The van der Waals surface area contributed by atoms with Gasteiger partial charge in [0.1, 0.15) is 25.1 Å². The molecule has 0 spiro atoms. The Morgan fingerprint density at radius 3 is 1.33 bits per heavy atom. The summed E-state index contributed by atoms with van der Waals surface area (Å²) in [6.07, 6.45) is 13.1. The van der Waals surface area contributed by atoms with E-state index in [4.69, 9.17) is 0 Å². The maximum Gasteiger partial charge on any atom is 0.123 e. The van der Waals surface area contributed by atoms with Gasteiger partial charge in [0.2, 0.25) is 0 Å². The number of carbonyl (C=O) groups excluding carboxylic acids is 4. The highest BCUT2D eigenvalue weighted by atomic mass is 16.1. The molecule has 0 aromatic rings. The summed E-state index contributed by atoms with van der Waals surface area (Å²) in [4.78, 5) is 37.7. The molecule has 124 valence electrons. The normalized spacial score (nSPS) is 8.00. The fourth-order valence-electron chi connectivity index (χ4n) is 0.597. The van der Waals surface area contributed by atoms with Gasteiger partial charge in [-0.1, -0.05) is 39.3 Å². The lowest BCUT2D eigenvalue weighted by atomic mass is 10.3. The summed E-state index contributed by atoms with van der Waals surface area (Å²) in [5.41, 5.74) is 0. The quantitative estimate of drug-likeness (QED) is 0.384. The Balaban J connectivity index is -0.0000000929. The Bertz CT molecular complexity index is 223. The Morgan fingerprint density at radius 2 is 1.24 bits per heavy atom. The van der Waals surface area contributed by atoms with E-state index in [2.05, 4.69) is 6.92 Å². The average molecular weight is 300 g/mol. The van der Waals surface area contributed by atoms with E-state index in [1.807, 2.05) is 32.9 Å². The number of carbonyl (C=O) groups is 4. The van der Waals surface area contributed by atoms with E-state index in [9.17, 15) is 19.2 Å². The third-order valence-corrected chi connectivity index (χ3v) is 1.72. The first-order valence-electron chi connectivity index (χ1n) is 7.52. The lowest BCUT2D eigenvalue weighted by molar-refractivity contribution is -0.108. The molecule has 0 heterocycles. The van der Waals surface area contributed by atoms with Crippen LogP contribution in [0.25, 0.3) is 0 Å². The number of unbranched alkanes of at least 4 members (excludes halogenated alkanes) is 3. The summed E-state index contributed by atoms with van der Waals surface area (Å²) in [7, 11) is 0. The van der Waals surface area contributed by atoms with Crippen LogP contribution in [0.3, 0.4) is 0 Å². The number of aldehydes is 4. The maximum atomic E-state index is 9.56. The summed E-state index contributed by atoms with van der Waals surface area (Å²) in [6.45, 7) is 7.76. The highest BCUT2D eigenvalue weighted by molar-refractivity contribution is 5.51. The first kappa shape index (κ1) is 27.7. The minimum Gasteiger partial charge on any atom is -0.303 e. The lowest BCUT2D eigenvalue weighted by Crippen LogP contribution is -1.70. The second-order valence-electron chi connectivity index (χ2n) is 3.81. The van der Waals surface area contributed by atoms with Gasteiger partial charge in [-0.15, -0.1) is 0 Å². The molecule has 0 aromatic heterocycles. The van der Waals surface area contributed by atoms with Crippen molar-refractivity contribution in [2.75, 3.05) is 0 Å². The Hall–Kier alpha value is -1.58. The van der Waals surface area contributed by atoms with Gasteiger partial charge in [-0.3, -0.25) is 0 Å². The van der Waals surface area contributed by atoms with Gasteiger partial charge in [-0.2, -0.15) is 0 Å². The van der Waals surface area contributed by atoms with E-state index in [1.54, 1.807) is 0 Å². The predicted molar refractivity (Wildman–Crippen MR) is 88.4 cm³/mol. The van der Waals surface area contributed by atoms with E-state index in [0.29, 0.717) is 19.3 Å². The molecule has 4 nitrogen and oxygen atoms in total. The second-order valence-corrected chi connectivity index (χ2v) is 3.81. The number of allylic oxidation sites excluding steroid dienone is 2. The second kappa shape index (κ2) is 42.9. The van der Waals surface area contributed by atoms with Crippen LogP contribution in [0.15, 0.2) is 12.2 Å². The zero-order chi connectivity index (χ0) is 17.2. The van der Waals surface area contributed by atoms with Crippen molar-refractivity contribution in [2.45, 2.75) is 72.6 Å². The van der Waals surface area contributed by atoms with Crippen LogP contribution in [-0.4, -0.2) is 25.1 Å². The molecular weight excluding hydrogens is 268 g/mol. The van der Waals surface area contributed by atoms with E-state index in [-0.39, 0.29) is 0 Å². The van der Waals surface area contributed by atoms with Crippen LogP contribution in [-0.2, 0) is 19.2 Å². The van der Waals surface area contributed by atoms with Crippen molar-refractivity contribution in [3.05, 3.63) is 12.2 Å². The van der Waals surface area contributed by atoms with Crippen LogP contribution < -0.4 is 0 Å². The fourth-order valence-corrected chi connectivity index (χ4v) is 0.597. The van der Waals surface area contributed by atoms with E-state index in [1.165, 1.54) is 0 Å². The third kappa shape index (κ3) is 90.2. The summed E-state index contributed by atoms with van der Waals surface area (Å²) in [6, 6.07) is 0. The number of rotatable bonds is 8. The van der Waals surface area contributed by atoms with Crippen LogP contribution in [0.1, 0.15) is 72.6 Å². The highest BCUT2D eigenvalue weighted by Gasteiger charge is 1.75. The van der Waals surface area contributed by atoms with Gasteiger partial charge in [0.05, 0.1) is 0 Å². The molecule has 0 aliphatic heterocycles. The fraction of sp³-hybridized carbons (Fsp3) is 0.647. The Kier molecular flexibility index (Phi) is 56.6. The molecule has 0 saturated carbocycles. The summed E-state index contributed by atoms with van der Waals surface area (Å²) in [5.74, 6) is 0. The molecule has 0 saturated heterocycles. The van der Waals surface area contributed by atoms with Crippen molar-refractivity contribution < 1.29 is 19.2 Å². The van der Waals surface area contributed by atoms with Crippen LogP contribution in [0, 0.1) is 0 Å². The van der Waals surface area contributed by atoms with E-state index >= 15 is 0 Å². The summed E-state index contributed by atoms with van der Waals surface area (Å²) >= 11 is 0. The SMILES string of the molecule is CC=CCC=O.CCC=O.CCCC=O.CCCCC=O. The van der Waals surface area contributed by atoms with E-state index in [0.717, 1.165) is 50.8 Å². The molecular formula is C17H32O4. The molecule has 0 atom stereocenters. The van der Waals surface area contributed by atoms with Crippen molar-refractivity contribution in [1.82, 2.24) is 0 Å². The Labute approximate surface area is 130 Å². The van der Waals surface area contributed by atoms with Gasteiger partial charge in [-0.05, 0) is 19.8 Å². The monoisotopic (exact) mass is 300 g/mol. The van der Waals surface area contributed by atoms with E-state index < -0.39 is 0 Å². The zero-order valence-corrected chi connectivity index (χ0v) is 14.0. The highest BCUT2D eigenvalue weighted by Crippen LogP contribution is 1.87. The molecule has 21 heavy (non-hydrogen) atoms. The largest absolute Gasteiger partial charge is 0.303 e. The van der Waals surface area contributed by atoms with Gasteiger partial charge < -0.3 is 19.2 Å². The van der Waals surface area contributed by atoms with Crippen LogP contribution >= 0.6 is 0 Å². The molecule has 0 radical (unpaired) electrons. The van der Waals surface area contributed by atoms with Crippen LogP contribution in [0.5, 0.6) is 0 Å². The molecule has 0 aromatic carbocycles. The minimum absolute atomic E-state index is 0.552. The molecule has 0 aliphatic rings. The number of hydrogen-bond acceptors (Lipinski definition) is 4. The molecule has 0 N–H and O–H groups in total. The third-order valence-electron chi connectivity index (χ3n) is 1.72. The zero-order valence-electron chi connectivity index (χ0n) is 14.0. The lowest BCUT2D eigenvalue weighted by Gasteiger charge is -1.79. The maximum absolute atomic E-state index is 9.56. The average Bonchev–Trinajstić information content (AvgIpc) is 2.53.